The van der Waals surface area contributed by atoms with Crippen LogP contribution in [0.15, 0.2) is 24.5 Å². The molecule has 0 unspecified atom stereocenters. The molecule has 0 saturated carbocycles. The molecule has 1 rings (SSSR count). The van der Waals surface area contributed by atoms with Gasteiger partial charge in [0.2, 0.25) is 0 Å². The van der Waals surface area contributed by atoms with Crippen LogP contribution in [0, 0.1) is 0 Å². The molecule has 0 aliphatic carbocycles. The molecule has 0 N–H and O–H groups in total. The summed E-state index contributed by atoms with van der Waals surface area (Å²) in [5.41, 5.74) is 1.53. The summed E-state index contributed by atoms with van der Waals surface area (Å²) < 4.78 is 2.39. The lowest BCUT2D eigenvalue weighted by Crippen LogP contribution is -2.32. The second kappa shape index (κ2) is 24.3. The maximum Gasteiger partial charge on any atom is 0.169 e. The van der Waals surface area contributed by atoms with Gasteiger partial charge >= 0.3 is 0 Å². The monoisotopic (exact) mass is 458 g/mol. The fourth-order valence-corrected chi connectivity index (χ4v) is 4.93. The van der Waals surface area contributed by atoms with E-state index >= 15 is 0 Å². The van der Waals surface area contributed by atoms with Gasteiger partial charge in [-0.05, 0) is 24.8 Å². The number of rotatable bonds is 25. The van der Waals surface area contributed by atoms with E-state index in [0.717, 1.165) is 0 Å². The standard InChI is InChI=1S/C32H60N/c1-3-5-7-9-11-13-15-16-17-18-20-22-24-26-32-27-30-33(31-28-32)29-25-23-21-19-14-12-10-8-6-4-2/h27-28,30-31H,3-26,29H2,1-2H3/q+1. The summed E-state index contributed by atoms with van der Waals surface area (Å²) in [4.78, 5) is 0. The molecule has 1 nitrogen and oxygen atoms in total. The normalized spacial score (nSPS) is 11.3. The largest absolute Gasteiger partial charge is 0.205 e. The Kier molecular flexibility index (Phi) is 22.2. The summed E-state index contributed by atoms with van der Waals surface area (Å²) in [5, 5.41) is 0. The van der Waals surface area contributed by atoms with E-state index in [9.17, 15) is 0 Å². The molecule has 0 aromatic carbocycles. The molecule has 0 atom stereocenters. The third kappa shape index (κ3) is 20.3. The Morgan fingerprint density at radius 1 is 0.424 bits per heavy atom. The van der Waals surface area contributed by atoms with Crippen LogP contribution in [0.5, 0.6) is 0 Å². The topological polar surface area (TPSA) is 3.88 Å². The van der Waals surface area contributed by atoms with Gasteiger partial charge in [-0.2, -0.15) is 0 Å². The lowest BCUT2D eigenvalue weighted by atomic mass is 10.0. The van der Waals surface area contributed by atoms with E-state index in [1.807, 2.05) is 0 Å². The predicted molar refractivity (Wildman–Crippen MR) is 148 cm³/mol. The van der Waals surface area contributed by atoms with E-state index in [2.05, 4.69) is 42.9 Å². The summed E-state index contributed by atoms with van der Waals surface area (Å²) >= 11 is 0. The van der Waals surface area contributed by atoms with Crippen molar-refractivity contribution in [3.63, 3.8) is 0 Å². The molecule has 0 aliphatic heterocycles. The van der Waals surface area contributed by atoms with E-state index < -0.39 is 0 Å². The van der Waals surface area contributed by atoms with Crippen LogP contribution < -0.4 is 4.57 Å². The number of unbranched alkanes of at least 4 members (excludes halogenated alkanes) is 21. The number of aryl methyl sites for hydroxylation is 2. The minimum absolute atomic E-state index is 1.19. The molecule has 1 heteroatoms. The highest BCUT2D eigenvalue weighted by Crippen LogP contribution is 2.14. The molecule has 192 valence electrons. The molecule has 0 fully saturated rings. The molecule has 1 aromatic rings. The third-order valence-electron chi connectivity index (χ3n) is 7.30. The van der Waals surface area contributed by atoms with Crippen LogP contribution in [0.3, 0.4) is 0 Å². The van der Waals surface area contributed by atoms with Crippen LogP contribution in [0.2, 0.25) is 0 Å². The zero-order valence-electron chi connectivity index (χ0n) is 22.9. The Hall–Kier alpha value is -0.850. The van der Waals surface area contributed by atoms with Crippen molar-refractivity contribution < 1.29 is 4.57 Å². The van der Waals surface area contributed by atoms with Gasteiger partial charge < -0.3 is 0 Å². The Labute approximate surface area is 209 Å². The zero-order valence-corrected chi connectivity index (χ0v) is 22.9. The van der Waals surface area contributed by atoms with E-state index in [1.54, 1.807) is 0 Å². The van der Waals surface area contributed by atoms with Crippen molar-refractivity contribution in [2.45, 2.75) is 174 Å². The SMILES string of the molecule is CCCCCCCCCCCCCCCc1cc[n+](CCCCCCCCCCCC)cc1. The molecule has 0 bridgehead atoms. The highest BCUT2D eigenvalue weighted by atomic mass is 14.9. The number of aromatic nitrogens is 1. The first kappa shape index (κ1) is 30.2. The van der Waals surface area contributed by atoms with Crippen molar-refractivity contribution in [2.24, 2.45) is 0 Å². The van der Waals surface area contributed by atoms with Crippen LogP contribution in [-0.4, -0.2) is 0 Å². The Morgan fingerprint density at radius 2 is 0.758 bits per heavy atom. The number of nitrogens with zero attached hydrogens (tertiary/aromatic N) is 1. The highest BCUT2D eigenvalue weighted by molar-refractivity contribution is 5.07. The lowest BCUT2D eigenvalue weighted by Gasteiger charge is -2.04. The second-order valence-corrected chi connectivity index (χ2v) is 10.6. The van der Waals surface area contributed by atoms with Crippen molar-refractivity contribution in [3.8, 4) is 0 Å². The Bertz CT molecular complexity index is 492. The fourth-order valence-electron chi connectivity index (χ4n) is 4.93. The van der Waals surface area contributed by atoms with Crippen LogP contribution in [0.1, 0.15) is 167 Å². The summed E-state index contributed by atoms with van der Waals surface area (Å²) in [6.07, 6.45) is 38.7. The zero-order chi connectivity index (χ0) is 23.7. The minimum atomic E-state index is 1.19. The maximum absolute atomic E-state index is 2.39. The molecule has 0 spiro atoms. The maximum atomic E-state index is 2.39. The van der Waals surface area contributed by atoms with E-state index in [4.69, 9.17) is 0 Å². The second-order valence-electron chi connectivity index (χ2n) is 10.6. The van der Waals surface area contributed by atoms with Gasteiger partial charge in [0.05, 0.1) is 0 Å². The quantitative estimate of drug-likeness (QED) is 0.101. The average molecular weight is 459 g/mol. The summed E-state index contributed by atoms with van der Waals surface area (Å²) in [7, 11) is 0. The molecule has 0 saturated heterocycles. The van der Waals surface area contributed by atoms with Gasteiger partial charge in [0.25, 0.3) is 0 Å². The number of pyridine rings is 1. The van der Waals surface area contributed by atoms with Crippen molar-refractivity contribution in [2.75, 3.05) is 0 Å². The van der Waals surface area contributed by atoms with Crippen LogP contribution >= 0.6 is 0 Å². The molecule has 33 heavy (non-hydrogen) atoms. The highest BCUT2D eigenvalue weighted by Gasteiger charge is 2.02. The van der Waals surface area contributed by atoms with Gasteiger partial charge in [-0.25, -0.2) is 4.57 Å². The Morgan fingerprint density at radius 3 is 1.15 bits per heavy atom. The molecular formula is C32H60N+. The van der Waals surface area contributed by atoms with E-state index in [0.29, 0.717) is 0 Å². The minimum Gasteiger partial charge on any atom is -0.205 e. The fraction of sp³-hybridized carbons (Fsp3) is 0.844. The lowest BCUT2D eigenvalue weighted by molar-refractivity contribution is -0.697. The van der Waals surface area contributed by atoms with Gasteiger partial charge in [0.1, 0.15) is 6.54 Å². The molecule has 0 amide bonds. The van der Waals surface area contributed by atoms with Gasteiger partial charge in [0.15, 0.2) is 12.4 Å². The number of hydrogen-bond acceptors (Lipinski definition) is 0. The smallest absolute Gasteiger partial charge is 0.169 e. The molecule has 0 radical (unpaired) electrons. The average Bonchev–Trinajstić information content (AvgIpc) is 2.84. The van der Waals surface area contributed by atoms with Crippen molar-refractivity contribution in [1.29, 1.82) is 0 Å². The molecule has 1 heterocycles. The van der Waals surface area contributed by atoms with Gasteiger partial charge in [-0.3, -0.25) is 0 Å². The molecular weight excluding hydrogens is 398 g/mol. The van der Waals surface area contributed by atoms with Crippen LogP contribution in [0.25, 0.3) is 0 Å². The summed E-state index contributed by atoms with van der Waals surface area (Å²) in [5.74, 6) is 0. The van der Waals surface area contributed by atoms with Gasteiger partial charge in [0, 0.05) is 18.6 Å². The molecule has 1 aromatic heterocycles. The number of hydrogen-bond donors (Lipinski definition) is 0. The first-order chi connectivity index (χ1) is 16.4. The Balaban J connectivity index is 1.88. The first-order valence-electron chi connectivity index (χ1n) is 15.3. The van der Waals surface area contributed by atoms with Gasteiger partial charge in [-0.15, -0.1) is 0 Å². The van der Waals surface area contributed by atoms with E-state index in [1.165, 1.54) is 166 Å². The van der Waals surface area contributed by atoms with Gasteiger partial charge in [-0.1, -0.05) is 142 Å². The van der Waals surface area contributed by atoms with Crippen molar-refractivity contribution in [1.82, 2.24) is 0 Å². The summed E-state index contributed by atoms with van der Waals surface area (Å²) in [6, 6.07) is 4.72. The van der Waals surface area contributed by atoms with Crippen molar-refractivity contribution >= 4 is 0 Å². The van der Waals surface area contributed by atoms with Crippen LogP contribution in [0.4, 0.5) is 0 Å². The van der Waals surface area contributed by atoms with Crippen LogP contribution in [-0.2, 0) is 13.0 Å². The van der Waals surface area contributed by atoms with Crippen molar-refractivity contribution in [3.05, 3.63) is 30.1 Å². The summed E-state index contributed by atoms with van der Waals surface area (Å²) in [6.45, 7) is 5.79. The third-order valence-corrected chi connectivity index (χ3v) is 7.30. The molecule has 0 aliphatic rings. The van der Waals surface area contributed by atoms with E-state index in [-0.39, 0.29) is 0 Å². The first-order valence-corrected chi connectivity index (χ1v) is 15.3. The predicted octanol–water partition coefficient (Wildman–Crippen LogP) is 10.5.